The van der Waals surface area contributed by atoms with Gasteiger partial charge in [-0.3, -0.25) is 4.79 Å². The Kier molecular flexibility index (Phi) is 9.02. The molecule has 0 fully saturated rings. The van der Waals surface area contributed by atoms with Crippen LogP contribution in [-0.2, 0) is 14.3 Å². The Morgan fingerprint density at radius 1 is 1.27 bits per heavy atom. The van der Waals surface area contributed by atoms with E-state index in [0.717, 1.165) is 15.6 Å². The van der Waals surface area contributed by atoms with Gasteiger partial charge in [-0.2, -0.15) is 0 Å². The van der Waals surface area contributed by atoms with Crippen LogP contribution in [0.4, 0.5) is 5.69 Å². The zero-order valence-corrected chi connectivity index (χ0v) is 17.1. The quantitative estimate of drug-likeness (QED) is 0.465. The predicted molar refractivity (Wildman–Crippen MR) is 108 cm³/mol. The number of amides is 1. The first-order valence-electron chi connectivity index (χ1n) is 7.99. The molecule has 0 saturated carbocycles. The first-order chi connectivity index (χ1) is 12.3. The number of hydrogen-bond acceptors (Lipinski definition) is 4. The highest BCUT2D eigenvalue weighted by Gasteiger charge is 2.22. The fourth-order valence-corrected chi connectivity index (χ4v) is 2.89. The Morgan fingerprint density at radius 3 is 2.58 bits per heavy atom. The fourth-order valence-electron chi connectivity index (χ4n) is 2.31. The summed E-state index contributed by atoms with van der Waals surface area (Å²) in [6.07, 6.45) is 7.24. The van der Waals surface area contributed by atoms with E-state index >= 15 is 0 Å². The van der Waals surface area contributed by atoms with Gasteiger partial charge in [-0.1, -0.05) is 46.8 Å². The SMILES string of the molecule is C=C/C=C\C=C(/C)COCC(=O)N(C)c1c(C)cc(Br)cc1C(=O)OC. The number of methoxy groups -OCH3 is 1. The highest BCUT2D eigenvalue weighted by Crippen LogP contribution is 2.29. The van der Waals surface area contributed by atoms with Crippen LogP contribution in [0.2, 0.25) is 0 Å². The van der Waals surface area contributed by atoms with Gasteiger partial charge in [-0.05, 0) is 37.1 Å². The van der Waals surface area contributed by atoms with Crippen molar-refractivity contribution in [3.63, 3.8) is 0 Å². The van der Waals surface area contributed by atoms with Crippen LogP contribution < -0.4 is 4.90 Å². The van der Waals surface area contributed by atoms with Crippen molar-refractivity contribution in [2.45, 2.75) is 13.8 Å². The smallest absolute Gasteiger partial charge is 0.340 e. The van der Waals surface area contributed by atoms with Crippen molar-refractivity contribution in [1.29, 1.82) is 0 Å². The Balaban J connectivity index is 2.86. The van der Waals surface area contributed by atoms with Crippen LogP contribution in [0, 0.1) is 6.92 Å². The summed E-state index contributed by atoms with van der Waals surface area (Å²) in [5.41, 5.74) is 2.59. The minimum atomic E-state index is -0.502. The lowest BCUT2D eigenvalue weighted by Crippen LogP contribution is -2.32. The molecule has 26 heavy (non-hydrogen) atoms. The predicted octanol–water partition coefficient (Wildman–Crippen LogP) is 4.21. The van der Waals surface area contributed by atoms with Crippen LogP contribution in [0.5, 0.6) is 0 Å². The Hall–Kier alpha value is -2.18. The van der Waals surface area contributed by atoms with E-state index in [9.17, 15) is 9.59 Å². The van der Waals surface area contributed by atoms with Crippen molar-refractivity contribution in [3.8, 4) is 0 Å². The zero-order valence-electron chi connectivity index (χ0n) is 15.5. The van der Waals surface area contributed by atoms with Gasteiger partial charge < -0.3 is 14.4 Å². The summed E-state index contributed by atoms with van der Waals surface area (Å²) in [6, 6.07) is 3.48. The molecule has 1 amide bonds. The van der Waals surface area contributed by atoms with Gasteiger partial charge in [0, 0.05) is 11.5 Å². The average molecular weight is 422 g/mol. The van der Waals surface area contributed by atoms with E-state index in [-0.39, 0.29) is 12.5 Å². The number of anilines is 1. The van der Waals surface area contributed by atoms with E-state index in [1.807, 2.05) is 38.1 Å². The summed E-state index contributed by atoms with van der Waals surface area (Å²) < 4.78 is 11.0. The van der Waals surface area contributed by atoms with Gasteiger partial charge in [-0.25, -0.2) is 4.79 Å². The first kappa shape index (κ1) is 21.9. The maximum Gasteiger partial charge on any atom is 0.340 e. The number of hydrogen-bond donors (Lipinski definition) is 0. The molecule has 140 valence electrons. The zero-order chi connectivity index (χ0) is 19.7. The topological polar surface area (TPSA) is 55.8 Å². The molecular formula is C20H24BrNO4. The highest BCUT2D eigenvalue weighted by atomic mass is 79.9. The van der Waals surface area contributed by atoms with E-state index in [4.69, 9.17) is 9.47 Å². The van der Waals surface area contributed by atoms with Crippen molar-refractivity contribution < 1.29 is 19.1 Å². The van der Waals surface area contributed by atoms with Gasteiger partial charge in [0.2, 0.25) is 0 Å². The maximum absolute atomic E-state index is 12.5. The molecule has 1 aromatic carbocycles. The van der Waals surface area contributed by atoms with Crippen molar-refractivity contribution >= 4 is 33.5 Å². The third kappa shape index (κ3) is 6.28. The number of carbonyl (C=O) groups excluding carboxylic acids is 2. The number of aryl methyl sites for hydroxylation is 1. The summed E-state index contributed by atoms with van der Waals surface area (Å²) in [7, 11) is 2.92. The molecule has 0 N–H and O–H groups in total. The van der Waals surface area contributed by atoms with Crippen molar-refractivity contribution in [1.82, 2.24) is 0 Å². The largest absolute Gasteiger partial charge is 0.465 e. The van der Waals surface area contributed by atoms with Gasteiger partial charge in [0.1, 0.15) is 6.61 Å². The van der Waals surface area contributed by atoms with E-state index in [0.29, 0.717) is 17.9 Å². The number of rotatable bonds is 8. The molecule has 0 saturated heterocycles. The minimum absolute atomic E-state index is 0.0943. The fraction of sp³-hybridized carbons (Fsp3) is 0.300. The summed E-state index contributed by atoms with van der Waals surface area (Å²) >= 11 is 3.36. The number of allylic oxidation sites excluding steroid dienone is 4. The van der Waals surface area contributed by atoms with Crippen LogP contribution in [0.1, 0.15) is 22.8 Å². The molecule has 0 aliphatic rings. The molecule has 1 rings (SSSR count). The lowest BCUT2D eigenvalue weighted by molar-refractivity contribution is -0.122. The lowest BCUT2D eigenvalue weighted by Gasteiger charge is -2.22. The van der Waals surface area contributed by atoms with Crippen LogP contribution >= 0.6 is 15.9 Å². The Labute approximate surface area is 163 Å². The molecule has 0 bridgehead atoms. The number of nitrogens with zero attached hydrogens (tertiary/aromatic N) is 1. The summed E-state index contributed by atoms with van der Waals surface area (Å²) in [4.78, 5) is 26.0. The number of halogens is 1. The van der Waals surface area contributed by atoms with Gasteiger partial charge in [0.25, 0.3) is 5.91 Å². The van der Waals surface area contributed by atoms with Crippen LogP contribution in [0.3, 0.4) is 0 Å². The van der Waals surface area contributed by atoms with E-state index < -0.39 is 5.97 Å². The highest BCUT2D eigenvalue weighted by molar-refractivity contribution is 9.10. The van der Waals surface area contributed by atoms with Crippen molar-refractivity contribution in [3.05, 3.63) is 64.2 Å². The van der Waals surface area contributed by atoms with E-state index in [2.05, 4.69) is 22.5 Å². The minimum Gasteiger partial charge on any atom is -0.465 e. The molecule has 0 aliphatic carbocycles. The summed E-state index contributed by atoms with van der Waals surface area (Å²) in [6.45, 7) is 7.58. The Bertz CT molecular complexity index is 738. The lowest BCUT2D eigenvalue weighted by atomic mass is 10.1. The second-order valence-corrected chi connectivity index (χ2v) is 6.61. The van der Waals surface area contributed by atoms with Crippen LogP contribution in [0.25, 0.3) is 0 Å². The van der Waals surface area contributed by atoms with Gasteiger partial charge in [0.05, 0.1) is 25.0 Å². The van der Waals surface area contributed by atoms with Crippen LogP contribution in [-0.4, -0.2) is 39.2 Å². The molecule has 0 aliphatic heterocycles. The number of ether oxygens (including phenoxy) is 2. The second kappa shape index (κ2) is 10.7. The average Bonchev–Trinajstić information content (AvgIpc) is 2.59. The molecule has 0 radical (unpaired) electrons. The molecule has 0 atom stereocenters. The van der Waals surface area contributed by atoms with Gasteiger partial charge in [0.15, 0.2) is 0 Å². The first-order valence-corrected chi connectivity index (χ1v) is 8.78. The van der Waals surface area contributed by atoms with Gasteiger partial charge >= 0.3 is 5.97 Å². The number of carbonyl (C=O) groups is 2. The monoisotopic (exact) mass is 421 g/mol. The van der Waals surface area contributed by atoms with Crippen LogP contribution in [0.15, 0.2) is 53.1 Å². The summed E-state index contributed by atoms with van der Waals surface area (Å²) in [5, 5.41) is 0. The molecule has 0 unspecified atom stereocenters. The molecule has 5 nitrogen and oxygen atoms in total. The molecular weight excluding hydrogens is 398 g/mol. The third-order valence-electron chi connectivity index (χ3n) is 3.56. The number of esters is 1. The summed E-state index contributed by atoms with van der Waals surface area (Å²) in [5.74, 6) is -0.757. The standard InChI is InChI=1S/C20H24BrNO4/c1-6-7-8-9-14(2)12-26-13-18(23)22(4)19-15(3)10-16(21)11-17(19)20(24)25-5/h6-11H,1,12-13H2,2-5H3/b8-7-,14-9+. The molecule has 6 heteroatoms. The van der Waals surface area contributed by atoms with E-state index in [1.165, 1.54) is 12.0 Å². The maximum atomic E-state index is 12.5. The van der Waals surface area contributed by atoms with Crippen molar-refractivity contribution in [2.24, 2.45) is 0 Å². The van der Waals surface area contributed by atoms with E-state index in [1.54, 1.807) is 19.2 Å². The van der Waals surface area contributed by atoms with Gasteiger partial charge in [-0.15, -0.1) is 0 Å². The number of likely N-dealkylation sites (N-methyl/N-ethyl adjacent to an activating group) is 1. The third-order valence-corrected chi connectivity index (χ3v) is 4.02. The normalized spacial score (nSPS) is 11.5. The molecule has 0 spiro atoms. The molecule has 1 aromatic rings. The number of benzene rings is 1. The molecule has 0 aromatic heterocycles. The second-order valence-electron chi connectivity index (χ2n) is 5.69. The molecule has 0 heterocycles. The Morgan fingerprint density at radius 2 is 1.96 bits per heavy atom. The van der Waals surface area contributed by atoms with Crippen molar-refractivity contribution in [2.75, 3.05) is 32.3 Å².